The number of hydrogen-bond donors (Lipinski definition) is 2. The average Bonchev–Trinajstić information content (AvgIpc) is 2.92. The van der Waals surface area contributed by atoms with Gasteiger partial charge in [0.15, 0.2) is 0 Å². The molecule has 120 valence electrons. The van der Waals surface area contributed by atoms with Crippen LogP contribution in [0.1, 0.15) is 38.3 Å². The SMILES string of the molecule is CCCc1cc(F)c(C(C)(C)O)c(-c2ccc3[nH]cnc3c2)c1. The van der Waals surface area contributed by atoms with Crippen molar-refractivity contribution in [2.45, 2.75) is 39.2 Å². The van der Waals surface area contributed by atoms with Crippen molar-refractivity contribution < 1.29 is 9.50 Å². The number of fused-ring (bicyclic) bond motifs is 1. The fourth-order valence-electron chi connectivity index (χ4n) is 3.04. The van der Waals surface area contributed by atoms with Gasteiger partial charge in [-0.1, -0.05) is 25.5 Å². The second-order valence-corrected chi connectivity index (χ2v) is 6.44. The van der Waals surface area contributed by atoms with Crippen LogP contribution >= 0.6 is 0 Å². The molecule has 1 heterocycles. The quantitative estimate of drug-likeness (QED) is 0.742. The maximum absolute atomic E-state index is 14.7. The number of nitrogens with one attached hydrogen (secondary N) is 1. The largest absolute Gasteiger partial charge is 0.386 e. The topological polar surface area (TPSA) is 48.9 Å². The Morgan fingerprint density at radius 3 is 2.70 bits per heavy atom. The van der Waals surface area contributed by atoms with E-state index in [2.05, 4.69) is 16.9 Å². The van der Waals surface area contributed by atoms with Gasteiger partial charge in [-0.15, -0.1) is 0 Å². The van der Waals surface area contributed by atoms with E-state index in [1.807, 2.05) is 24.3 Å². The van der Waals surface area contributed by atoms with Crippen molar-refractivity contribution in [1.82, 2.24) is 9.97 Å². The van der Waals surface area contributed by atoms with Crippen LogP contribution in [0.5, 0.6) is 0 Å². The van der Waals surface area contributed by atoms with Gasteiger partial charge in [0.05, 0.1) is 23.0 Å². The summed E-state index contributed by atoms with van der Waals surface area (Å²) >= 11 is 0. The first-order valence-corrected chi connectivity index (χ1v) is 7.89. The van der Waals surface area contributed by atoms with Gasteiger partial charge in [0, 0.05) is 5.56 Å². The predicted molar refractivity (Wildman–Crippen MR) is 90.7 cm³/mol. The van der Waals surface area contributed by atoms with E-state index in [0.29, 0.717) is 5.56 Å². The number of hydrogen-bond acceptors (Lipinski definition) is 2. The highest BCUT2D eigenvalue weighted by Crippen LogP contribution is 2.36. The zero-order chi connectivity index (χ0) is 16.6. The molecule has 3 aromatic rings. The maximum Gasteiger partial charge on any atom is 0.130 e. The number of benzene rings is 2. The summed E-state index contributed by atoms with van der Waals surface area (Å²) in [6.07, 6.45) is 3.39. The van der Waals surface area contributed by atoms with Crippen LogP contribution in [0.4, 0.5) is 4.39 Å². The van der Waals surface area contributed by atoms with Crippen molar-refractivity contribution >= 4 is 11.0 Å². The summed E-state index contributed by atoms with van der Waals surface area (Å²) < 4.78 is 14.7. The van der Waals surface area contributed by atoms with E-state index in [1.54, 1.807) is 20.2 Å². The standard InChI is InChI=1S/C19H21FN2O/c1-4-5-12-8-14(18(15(20)9-12)19(2,3)23)13-6-7-16-17(10-13)22-11-21-16/h6-11,23H,4-5H2,1-3H3,(H,21,22). The smallest absolute Gasteiger partial charge is 0.130 e. The lowest BCUT2D eigenvalue weighted by Gasteiger charge is -2.23. The number of rotatable bonds is 4. The minimum absolute atomic E-state index is 0.326. The number of halogens is 1. The normalized spacial score (nSPS) is 12.0. The van der Waals surface area contributed by atoms with E-state index in [4.69, 9.17) is 0 Å². The number of imidazole rings is 1. The average molecular weight is 312 g/mol. The summed E-state index contributed by atoms with van der Waals surface area (Å²) in [6, 6.07) is 9.29. The molecule has 0 unspecified atom stereocenters. The van der Waals surface area contributed by atoms with Crippen LogP contribution in [0.25, 0.3) is 22.2 Å². The summed E-state index contributed by atoms with van der Waals surface area (Å²) in [7, 11) is 0. The molecule has 0 aliphatic heterocycles. The number of nitrogens with zero attached hydrogens (tertiary/aromatic N) is 1. The molecule has 0 bridgehead atoms. The van der Waals surface area contributed by atoms with E-state index < -0.39 is 5.60 Å². The summed E-state index contributed by atoms with van der Waals surface area (Å²) in [5.74, 6) is -0.361. The van der Waals surface area contributed by atoms with Gasteiger partial charge >= 0.3 is 0 Å². The minimum Gasteiger partial charge on any atom is -0.386 e. The first-order valence-electron chi connectivity index (χ1n) is 7.89. The van der Waals surface area contributed by atoms with Gasteiger partial charge < -0.3 is 10.1 Å². The molecular weight excluding hydrogens is 291 g/mol. The lowest BCUT2D eigenvalue weighted by atomic mass is 9.87. The van der Waals surface area contributed by atoms with Crippen molar-refractivity contribution in [3.8, 4) is 11.1 Å². The predicted octanol–water partition coefficient (Wildman–Crippen LogP) is 4.55. The van der Waals surface area contributed by atoms with E-state index in [-0.39, 0.29) is 5.82 Å². The molecular formula is C19H21FN2O. The van der Waals surface area contributed by atoms with Crippen LogP contribution in [0.2, 0.25) is 0 Å². The van der Waals surface area contributed by atoms with Crippen LogP contribution < -0.4 is 0 Å². The summed E-state index contributed by atoms with van der Waals surface area (Å²) in [5, 5.41) is 10.4. The van der Waals surface area contributed by atoms with Crippen molar-refractivity contribution in [2.24, 2.45) is 0 Å². The highest BCUT2D eigenvalue weighted by atomic mass is 19.1. The van der Waals surface area contributed by atoms with Crippen LogP contribution in [-0.2, 0) is 12.0 Å². The van der Waals surface area contributed by atoms with E-state index in [0.717, 1.165) is 40.6 Å². The van der Waals surface area contributed by atoms with Gasteiger partial charge in [-0.05, 0) is 55.2 Å². The Morgan fingerprint density at radius 2 is 2.00 bits per heavy atom. The molecule has 0 aliphatic rings. The number of aryl methyl sites for hydroxylation is 1. The highest BCUT2D eigenvalue weighted by molar-refractivity contribution is 5.82. The summed E-state index contributed by atoms with van der Waals surface area (Å²) in [4.78, 5) is 7.32. The molecule has 4 heteroatoms. The number of aliphatic hydroxyl groups is 1. The van der Waals surface area contributed by atoms with Crippen LogP contribution in [0.15, 0.2) is 36.7 Å². The molecule has 0 atom stereocenters. The zero-order valence-corrected chi connectivity index (χ0v) is 13.7. The lowest BCUT2D eigenvalue weighted by Crippen LogP contribution is -2.19. The molecule has 23 heavy (non-hydrogen) atoms. The number of aromatic amines is 1. The second-order valence-electron chi connectivity index (χ2n) is 6.44. The zero-order valence-electron chi connectivity index (χ0n) is 13.7. The maximum atomic E-state index is 14.7. The number of H-pyrrole nitrogens is 1. The van der Waals surface area contributed by atoms with Gasteiger partial charge in [0.25, 0.3) is 0 Å². The molecule has 0 radical (unpaired) electrons. The van der Waals surface area contributed by atoms with Gasteiger partial charge in [-0.3, -0.25) is 0 Å². The lowest BCUT2D eigenvalue weighted by molar-refractivity contribution is 0.0752. The molecule has 0 amide bonds. The molecule has 3 rings (SSSR count). The Labute approximate surface area is 135 Å². The van der Waals surface area contributed by atoms with Gasteiger partial charge in [0.2, 0.25) is 0 Å². The molecule has 0 fully saturated rings. The third kappa shape index (κ3) is 2.99. The summed E-state index contributed by atoms with van der Waals surface area (Å²) in [6.45, 7) is 5.29. The first-order chi connectivity index (χ1) is 10.9. The van der Waals surface area contributed by atoms with E-state index >= 15 is 0 Å². The van der Waals surface area contributed by atoms with E-state index in [9.17, 15) is 9.50 Å². The fraction of sp³-hybridized carbons (Fsp3) is 0.316. The third-order valence-electron chi connectivity index (χ3n) is 4.03. The monoisotopic (exact) mass is 312 g/mol. The van der Waals surface area contributed by atoms with Crippen molar-refractivity contribution in [3.05, 3.63) is 53.6 Å². The molecule has 2 N–H and O–H groups in total. The van der Waals surface area contributed by atoms with Gasteiger partial charge in [-0.25, -0.2) is 9.37 Å². The molecule has 1 aromatic heterocycles. The molecule has 0 spiro atoms. The highest BCUT2D eigenvalue weighted by Gasteiger charge is 2.26. The third-order valence-corrected chi connectivity index (χ3v) is 4.03. The Balaban J connectivity index is 2.25. The Kier molecular flexibility index (Phi) is 3.94. The Bertz CT molecular complexity index is 846. The summed E-state index contributed by atoms with van der Waals surface area (Å²) in [5.41, 5.74) is 3.35. The van der Waals surface area contributed by atoms with Crippen LogP contribution in [0, 0.1) is 5.82 Å². The first kappa shape index (κ1) is 15.7. The van der Waals surface area contributed by atoms with Crippen molar-refractivity contribution in [3.63, 3.8) is 0 Å². The van der Waals surface area contributed by atoms with Gasteiger partial charge in [-0.2, -0.15) is 0 Å². The molecule has 3 nitrogen and oxygen atoms in total. The number of aromatic nitrogens is 2. The van der Waals surface area contributed by atoms with Crippen molar-refractivity contribution in [1.29, 1.82) is 0 Å². The molecule has 0 saturated carbocycles. The minimum atomic E-state index is -1.26. The van der Waals surface area contributed by atoms with E-state index in [1.165, 1.54) is 6.07 Å². The Hall–Kier alpha value is -2.20. The van der Waals surface area contributed by atoms with Gasteiger partial charge in [0.1, 0.15) is 5.82 Å². The molecule has 0 aliphatic carbocycles. The Morgan fingerprint density at radius 1 is 1.22 bits per heavy atom. The van der Waals surface area contributed by atoms with Crippen LogP contribution in [0.3, 0.4) is 0 Å². The fourth-order valence-corrected chi connectivity index (χ4v) is 3.04. The van der Waals surface area contributed by atoms with Crippen LogP contribution in [-0.4, -0.2) is 15.1 Å². The van der Waals surface area contributed by atoms with Crippen molar-refractivity contribution in [2.75, 3.05) is 0 Å². The molecule has 0 saturated heterocycles. The molecule has 2 aromatic carbocycles. The second kappa shape index (κ2) is 5.78.